The molecule has 1 fully saturated rings. The van der Waals surface area contributed by atoms with E-state index in [9.17, 15) is 27.0 Å². The summed E-state index contributed by atoms with van der Waals surface area (Å²) in [4.78, 5) is 17.7. The van der Waals surface area contributed by atoms with Crippen LogP contribution in [0.3, 0.4) is 0 Å². The number of halogens is 2. The normalized spacial score (nSPS) is 15.8. The van der Waals surface area contributed by atoms with Gasteiger partial charge in [-0.15, -0.1) is 20.4 Å². The Kier molecular flexibility index (Phi) is 24.4. The van der Waals surface area contributed by atoms with Crippen molar-refractivity contribution in [1.82, 2.24) is 49.5 Å². The van der Waals surface area contributed by atoms with Gasteiger partial charge in [-0.3, -0.25) is 9.13 Å². The molecule has 0 radical (unpaired) electrons. The van der Waals surface area contributed by atoms with Crippen LogP contribution >= 0.6 is 31.9 Å². The van der Waals surface area contributed by atoms with E-state index in [1.165, 1.54) is 13.2 Å². The van der Waals surface area contributed by atoms with Gasteiger partial charge in [0.15, 0.2) is 29.1 Å². The summed E-state index contributed by atoms with van der Waals surface area (Å²) in [7, 11) is -11.8. The molecule has 2 N–H and O–H groups in total. The quantitative estimate of drug-likeness (QED) is 0.0478. The van der Waals surface area contributed by atoms with Gasteiger partial charge in [0, 0.05) is 74.1 Å². The molecular formula is C59H90Br2N12O10S2Si2. The second-order valence-corrected chi connectivity index (χ2v) is 43.1. The van der Waals surface area contributed by atoms with Gasteiger partial charge in [0.05, 0.1) is 50.7 Å². The summed E-state index contributed by atoms with van der Waals surface area (Å²) in [6.45, 7) is 35.3. The number of benzene rings is 2. The Morgan fingerprint density at radius 1 is 0.609 bits per heavy atom. The predicted octanol–water partition coefficient (Wildman–Crippen LogP) is 11.1. The van der Waals surface area contributed by atoms with E-state index in [0.717, 1.165) is 36.8 Å². The molecule has 4 aromatic heterocycles. The first-order valence-corrected chi connectivity index (χ1v) is 41.3. The summed E-state index contributed by atoms with van der Waals surface area (Å²) in [5.74, 6) is 0.907. The van der Waals surface area contributed by atoms with Crippen molar-refractivity contribution in [2.24, 2.45) is 0 Å². The number of aromatic nitrogens is 10. The lowest BCUT2D eigenvalue weighted by Crippen LogP contribution is -2.46. The highest BCUT2D eigenvalue weighted by Gasteiger charge is 2.44. The number of aryl methyl sites for hydroxylation is 4. The molecule has 22 nitrogen and oxygen atoms in total. The van der Waals surface area contributed by atoms with E-state index in [1.54, 1.807) is 38.6 Å². The summed E-state index contributed by atoms with van der Waals surface area (Å²) in [6.07, 6.45) is 4.20. The van der Waals surface area contributed by atoms with Gasteiger partial charge in [-0.25, -0.2) is 45.4 Å². The van der Waals surface area contributed by atoms with Gasteiger partial charge in [-0.05, 0) is 131 Å². The van der Waals surface area contributed by atoms with Gasteiger partial charge in [-0.1, -0.05) is 94.4 Å². The Hall–Kier alpha value is -4.47. The van der Waals surface area contributed by atoms with Crippen molar-refractivity contribution in [2.75, 3.05) is 48.1 Å². The molecule has 87 heavy (non-hydrogen) atoms. The fourth-order valence-corrected chi connectivity index (χ4v) is 15.5. The molecule has 2 aromatic carbocycles. The van der Waals surface area contributed by atoms with E-state index >= 15 is 0 Å². The minimum atomic E-state index is -4.19. The summed E-state index contributed by atoms with van der Waals surface area (Å²) < 4.78 is 91.1. The number of sulfonamides is 2. The molecule has 1 saturated heterocycles. The third-order valence-electron chi connectivity index (χ3n) is 14.4. The number of hydrogen-bond acceptors (Lipinski definition) is 18. The molecule has 0 aliphatic carbocycles. The van der Waals surface area contributed by atoms with Crippen LogP contribution in [0.1, 0.15) is 114 Å². The van der Waals surface area contributed by atoms with E-state index in [0.29, 0.717) is 48.3 Å². The third-order valence-corrected chi connectivity index (χ3v) is 23.5. The number of rotatable bonds is 26. The smallest absolute Gasteiger partial charge is 0.243 e. The molecule has 7 rings (SSSR count). The summed E-state index contributed by atoms with van der Waals surface area (Å²) in [6, 6.07) is 11.7. The van der Waals surface area contributed by atoms with Crippen molar-refractivity contribution in [3.05, 3.63) is 104 Å². The Labute approximate surface area is 534 Å². The Morgan fingerprint density at radius 3 is 1.38 bits per heavy atom. The molecule has 6 aromatic rings. The maximum Gasteiger partial charge on any atom is 0.243 e. The number of aliphatic hydroxyl groups is 2. The van der Waals surface area contributed by atoms with Crippen molar-refractivity contribution < 1.29 is 46.0 Å². The van der Waals surface area contributed by atoms with E-state index < -0.39 is 83.9 Å². The molecular weight excluding hydrogens is 1320 g/mol. The predicted molar refractivity (Wildman–Crippen MR) is 353 cm³/mol. The lowest BCUT2D eigenvalue weighted by molar-refractivity contribution is -0.258. The van der Waals surface area contributed by atoms with E-state index in [4.69, 9.17) is 18.9 Å². The number of anilines is 2. The largest absolute Gasteiger partial charge is 0.394 e. The van der Waals surface area contributed by atoms with Gasteiger partial charge in [0.25, 0.3) is 0 Å². The highest BCUT2D eigenvalue weighted by atomic mass is 79.9. The SMILES string of the molecule is Cc1cnc([C@H](OC(C)C)[C@H](C)S(=O)(=O)N(CC[Si](C)(C)C)c2nnc(-c3cc(C)ccc3Br)n2C(CO)CO)nc1.Cc1cnc([C@H](OC(C)C)[C@H](C)S(=O)(=O)N(CC[Si](C)(C)C)c2nnc(-c3cc(C)ccc3Br)n2C2COC(C)(C)OC2)nc1. The van der Waals surface area contributed by atoms with Crippen molar-refractivity contribution in [2.45, 2.75) is 187 Å². The summed E-state index contributed by atoms with van der Waals surface area (Å²) in [5, 5.41) is 36.4. The number of aliphatic hydroxyl groups excluding tert-OH is 2. The molecule has 480 valence electrons. The fourth-order valence-electron chi connectivity index (χ4n) is 9.34. The standard InChI is InChI=1S/C31H47BrN6O5SSi.C28H43BrN6O5SSi/c1-20(2)43-27(28-33-16-22(4)17-34-28)23(5)44(39,40)37(13-14-45(8,9)10)30-36-35-29(25-15-21(3)11-12-26(25)32)38(30)24-18-41-31(6,7)42-19-24;1-18(2)40-25(26-30-14-20(4)15-31-26)21(5)41(38,39)34(11-12-42(6,7)8)28-33-32-27(35(28)22(16-36)17-37)23-13-19(3)9-10-24(23)29/h11-12,15-17,20,23-24,27H,13-14,18-19H2,1-10H3;9-10,13-15,18,21-22,25,36-37H,11-12,16-17H2,1-8H3/t23-,27+;21-,25+/m00/s1. The highest BCUT2D eigenvalue weighted by Crippen LogP contribution is 2.40. The van der Waals surface area contributed by atoms with Crippen molar-refractivity contribution in [3.8, 4) is 22.8 Å². The minimum absolute atomic E-state index is 0.0183. The molecule has 1 aliphatic rings. The van der Waals surface area contributed by atoms with Gasteiger partial charge in [0.2, 0.25) is 31.9 Å². The molecule has 0 bridgehead atoms. The first-order valence-electron chi connectivity index (χ1n) is 29.3. The van der Waals surface area contributed by atoms with E-state index in [1.807, 2.05) is 110 Å². The van der Waals surface area contributed by atoms with Crippen LogP contribution < -0.4 is 8.61 Å². The molecule has 1 aliphatic heterocycles. The van der Waals surface area contributed by atoms with E-state index in [2.05, 4.69) is 111 Å². The Balaban J connectivity index is 0.000000279. The molecule has 4 atom stereocenters. The zero-order valence-corrected chi connectivity index (χ0v) is 60.5. The van der Waals surface area contributed by atoms with Crippen LogP contribution in [0.4, 0.5) is 11.9 Å². The third kappa shape index (κ3) is 18.4. The average Bonchev–Trinajstić information content (AvgIpc) is 1.94. The van der Waals surface area contributed by atoms with Crippen LogP contribution in [0.25, 0.3) is 22.8 Å². The zero-order valence-electron chi connectivity index (χ0n) is 53.6. The summed E-state index contributed by atoms with van der Waals surface area (Å²) in [5.41, 5.74) is 5.16. The molecule has 5 heterocycles. The molecule has 0 spiro atoms. The first-order chi connectivity index (χ1) is 40.5. The van der Waals surface area contributed by atoms with Crippen LogP contribution in [0.2, 0.25) is 51.4 Å². The molecule has 28 heteroatoms. The molecule has 0 unspecified atom stereocenters. The van der Waals surface area contributed by atoms with Gasteiger partial charge >= 0.3 is 0 Å². The monoisotopic (exact) mass is 1400 g/mol. The van der Waals surface area contributed by atoms with Gasteiger partial charge in [0.1, 0.15) is 22.7 Å². The van der Waals surface area contributed by atoms with Gasteiger partial charge < -0.3 is 29.2 Å². The zero-order chi connectivity index (χ0) is 64.7. The van der Waals surface area contributed by atoms with Crippen LogP contribution in [-0.4, -0.2) is 161 Å². The lowest BCUT2D eigenvalue weighted by atomic mass is 10.1. The number of hydrogen-bond donors (Lipinski definition) is 2. The average molecular weight is 1410 g/mol. The van der Waals surface area contributed by atoms with Gasteiger partial charge in [-0.2, -0.15) is 0 Å². The molecule has 0 saturated carbocycles. The van der Waals surface area contributed by atoms with Crippen molar-refractivity contribution in [3.63, 3.8) is 0 Å². The maximum absolute atomic E-state index is 14.9. The second-order valence-electron chi connectivity index (χ2n) is 25.8. The lowest BCUT2D eigenvalue weighted by Gasteiger charge is -2.37. The Bertz CT molecular complexity index is 3460. The van der Waals surface area contributed by atoms with Crippen LogP contribution in [0.5, 0.6) is 0 Å². The number of ether oxygens (including phenoxy) is 4. The van der Waals surface area contributed by atoms with Crippen molar-refractivity contribution in [1.29, 1.82) is 0 Å². The fraction of sp³-hybridized carbons (Fsp3) is 0.593. The van der Waals surface area contributed by atoms with Crippen molar-refractivity contribution >= 4 is 80.0 Å². The first kappa shape index (κ1) is 71.6. The maximum atomic E-state index is 14.9. The van der Waals surface area contributed by atoms with Crippen LogP contribution in [0.15, 0.2) is 70.1 Å². The van der Waals surface area contributed by atoms with Crippen LogP contribution in [0, 0.1) is 27.7 Å². The highest BCUT2D eigenvalue weighted by molar-refractivity contribution is 9.11. The number of nitrogens with zero attached hydrogens (tertiary/aromatic N) is 12. The van der Waals surface area contributed by atoms with E-state index in [-0.39, 0.29) is 49.1 Å². The topological polar surface area (TPSA) is 265 Å². The Morgan fingerprint density at radius 2 is 0.989 bits per heavy atom. The second kappa shape index (κ2) is 29.7. The molecule has 0 amide bonds. The van der Waals surface area contributed by atoms with Crippen LogP contribution in [-0.2, 0) is 39.0 Å². The minimum Gasteiger partial charge on any atom is -0.394 e. The summed E-state index contributed by atoms with van der Waals surface area (Å²) >= 11 is 7.25.